The fraction of sp³-hybridized carbons (Fsp3) is 0.286. The van der Waals surface area contributed by atoms with E-state index in [0.29, 0.717) is 24.1 Å². The molecular weight excluding hydrogens is 259 g/mol. The molecule has 0 saturated carbocycles. The Morgan fingerprint density at radius 1 is 1.35 bits per heavy atom. The lowest BCUT2D eigenvalue weighted by Crippen LogP contribution is -2.26. The molecular formula is C14H15FN4O. The first-order valence-corrected chi connectivity index (χ1v) is 6.43. The summed E-state index contributed by atoms with van der Waals surface area (Å²) in [5, 5.41) is 6.27. The molecule has 104 valence electrons. The van der Waals surface area contributed by atoms with Gasteiger partial charge < -0.3 is 15.4 Å². The Bertz CT molecular complexity index is 615. The van der Waals surface area contributed by atoms with E-state index in [1.807, 2.05) is 0 Å². The lowest BCUT2D eigenvalue weighted by Gasteiger charge is -2.19. The molecule has 0 amide bonds. The SMILES string of the molecule is COc1nc(Nc2cccc(F)c2)nc2c1CNCC2. The van der Waals surface area contributed by atoms with Gasteiger partial charge in [0.2, 0.25) is 11.8 Å². The van der Waals surface area contributed by atoms with E-state index in [4.69, 9.17) is 4.74 Å². The Hall–Kier alpha value is -2.21. The van der Waals surface area contributed by atoms with Gasteiger partial charge in [-0.05, 0) is 18.2 Å². The van der Waals surface area contributed by atoms with Gasteiger partial charge in [0, 0.05) is 30.8 Å². The number of fused-ring (bicyclic) bond motifs is 1. The number of benzene rings is 1. The van der Waals surface area contributed by atoms with Crippen LogP contribution in [0.5, 0.6) is 5.88 Å². The number of anilines is 2. The smallest absolute Gasteiger partial charge is 0.230 e. The average molecular weight is 274 g/mol. The van der Waals surface area contributed by atoms with Gasteiger partial charge in [0.15, 0.2) is 0 Å². The first-order chi connectivity index (χ1) is 9.76. The first kappa shape index (κ1) is 12.8. The molecule has 2 aromatic rings. The number of aromatic nitrogens is 2. The van der Waals surface area contributed by atoms with E-state index in [2.05, 4.69) is 20.6 Å². The molecule has 5 nitrogen and oxygen atoms in total. The van der Waals surface area contributed by atoms with E-state index in [0.717, 1.165) is 24.2 Å². The number of halogens is 1. The summed E-state index contributed by atoms with van der Waals surface area (Å²) in [7, 11) is 1.59. The van der Waals surface area contributed by atoms with Crippen LogP contribution < -0.4 is 15.4 Å². The number of rotatable bonds is 3. The molecule has 0 saturated heterocycles. The van der Waals surface area contributed by atoms with E-state index in [9.17, 15) is 4.39 Å². The maximum atomic E-state index is 13.2. The third-order valence-corrected chi connectivity index (χ3v) is 3.17. The Morgan fingerprint density at radius 3 is 3.05 bits per heavy atom. The zero-order chi connectivity index (χ0) is 13.9. The quantitative estimate of drug-likeness (QED) is 0.896. The standard InChI is InChI=1S/C14H15FN4O/c1-20-13-11-8-16-6-5-12(11)18-14(19-13)17-10-4-2-3-9(15)7-10/h2-4,7,16H,5-6,8H2,1H3,(H,17,18,19). The van der Waals surface area contributed by atoms with Crippen LogP contribution in [0, 0.1) is 5.82 Å². The fourth-order valence-corrected chi connectivity index (χ4v) is 2.23. The number of nitrogens with zero attached hydrogens (tertiary/aromatic N) is 2. The van der Waals surface area contributed by atoms with Crippen LogP contribution in [0.3, 0.4) is 0 Å². The van der Waals surface area contributed by atoms with Crippen LogP contribution in [-0.4, -0.2) is 23.6 Å². The topological polar surface area (TPSA) is 59.1 Å². The van der Waals surface area contributed by atoms with Crippen molar-refractivity contribution in [2.24, 2.45) is 0 Å². The number of nitrogens with one attached hydrogen (secondary N) is 2. The van der Waals surface area contributed by atoms with Crippen molar-refractivity contribution in [3.63, 3.8) is 0 Å². The molecule has 1 aliphatic heterocycles. The summed E-state index contributed by atoms with van der Waals surface area (Å²) in [5.74, 6) is 0.679. The van der Waals surface area contributed by atoms with Crippen molar-refractivity contribution in [1.29, 1.82) is 0 Å². The summed E-state index contributed by atoms with van der Waals surface area (Å²) in [6.07, 6.45) is 0.825. The summed E-state index contributed by atoms with van der Waals surface area (Å²) in [6, 6.07) is 6.19. The molecule has 0 aliphatic carbocycles. The number of ether oxygens (including phenoxy) is 1. The summed E-state index contributed by atoms with van der Waals surface area (Å²) < 4.78 is 18.5. The van der Waals surface area contributed by atoms with Gasteiger partial charge in [0.1, 0.15) is 5.82 Å². The minimum Gasteiger partial charge on any atom is -0.481 e. The molecule has 0 fully saturated rings. The predicted molar refractivity (Wildman–Crippen MR) is 73.7 cm³/mol. The second-order valence-corrected chi connectivity index (χ2v) is 4.54. The van der Waals surface area contributed by atoms with E-state index >= 15 is 0 Å². The maximum absolute atomic E-state index is 13.2. The zero-order valence-electron chi connectivity index (χ0n) is 11.1. The van der Waals surface area contributed by atoms with Gasteiger partial charge >= 0.3 is 0 Å². The third kappa shape index (κ3) is 2.55. The van der Waals surface area contributed by atoms with E-state index < -0.39 is 0 Å². The maximum Gasteiger partial charge on any atom is 0.230 e. The molecule has 1 aromatic carbocycles. The van der Waals surface area contributed by atoms with Crippen molar-refractivity contribution in [2.75, 3.05) is 19.0 Å². The van der Waals surface area contributed by atoms with Crippen LogP contribution in [-0.2, 0) is 13.0 Å². The molecule has 0 radical (unpaired) electrons. The molecule has 2 N–H and O–H groups in total. The Morgan fingerprint density at radius 2 is 2.25 bits per heavy atom. The summed E-state index contributed by atoms with van der Waals surface area (Å²) >= 11 is 0. The number of hydrogen-bond donors (Lipinski definition) is 2. The van der Waals surface area contributed by atoms with Gasteiger partial charge in [-0.2, -0.15) is 4.98 Å². The Kier molecular flexibility index (Phi) is 3.47. The van der Waals surface area contributed by atoms with E-state index in [-0.39, 0.29) is 5.82 Å². The van der Waals surface area contributed by atoms with Gasteiger partial charge in [-0.25, -0.2) is 9.37 Å². The molecule has 0 atom stereocenters. The highest BCUT2D eigenvalue weighted by atomic mass is 19.1. The van der Waals surface area contributed by atoms with Crippen molar-refractivity contribution >= 4 is 11.6 Å². The monoisotopic (exact) mass is 274 g/mol. The summed E-state index contributed by atoms with van der Waals surface area (Å²) in [4.78, 5) is 8.80. The summed E-state index contributed by atoms with van der Waals surface area (Å²) in [6.45, 7) is 1.59. The third-order valence-electron chi connectivity index (χ3n) is 3.17. The predicted octanol–water partition coefficient (Wildman–Crippen LogP) is 2.01. The van der Waals surface area contributed by atoms with Crippen molar-refractivity contribution in [1.82, 2.24) is 15.3 Å². The van der Waals surface area contributed by atoms with Gasteiger partial charge in [0.25, 0.3) is 0 Å². The lowest BCUT2D eigenvalue weighted by molar-refractivity contribution is 0.386. The molecule has 1 aromatic heterocycles. The van der Waals surface area contributed by atoms with Crippen molar-refractivity contribution < 1.29 is 9.13 Å². The van der Waals surface area contributed by atoms with E-state index in [1.165, 1.54) is 12.1 Å². The zero-order valence-corrected chi connectivity index (χ0v) is 11.1. The Labute approximate surface area is 116 Å². The summed E-state index contributed by atoms with van der Waals surface area (Å²) in [5.41, 5.74) is 2.57. The Balaban J connectivity index is 1.94. The van der Waals surface area contributed by atoms with Gasteiger partial charge in [-0.15, -0.1) is 0 Å². The molecule has 0 spiro atoms. The molecule has 1 aliphatic rings. The molecule has 0 bridgehead atoms. The minimum absolute atomic E-state index is 0.302. The van der Waals surface area contributed by atoms with Crippen LogP contribution in [0.4, 0.5) is 16.0 Å². The molecule has 6 heteroatoms. The fourth-order valence-electron chi connectivity index (χ4n) is 2.23. The van der Waals surface area contributed by atoms with Crippen molar-refractivity contribution in [2.45, 2.75) is 13.0 Å². The van der Waals surface area contributed by atoms with Crippen molar-refractivity contribution in [3.05, 3.63) is 41.3 Å². The molecule has 2 heterocycles. The van der Waals surface area contributed by atoms with Crippen LogP contribution in [0.2, 0.25) is 0 Å². The highest BCUT2D eigenvalue weighted by Crippen LogP contribution is 2.24. The van der Waals surface area contributed by atoms with Gasteiger partial charge in [-0.3, -0.25) is 0 Å². The molecule has 3 rings (SSSR count). The van der Waals surface area contributed by atoms with Crippen molar-refractivity contribution in [3.8, 4) is 5.88 Å². The van der Waals surface area contributed by atoms with Gasteiger partial charge in [-0.1, -0.05) is 6.07 Å². The van der Waals surface area contributed by atoms with Crippen LogP contribution in [0.25, 0.3) is 0 Å². The minimum atomic E-state index is -0.302. The van der Waals surface area contributed by atoms with Crippen LogP contribution >= 0.6 is 0 Å². The second kappa shape index (κ2) is 5.42. The normalized spacial score (nSPS) is 13.7. The lowest BCUT2D eigenvalue weighted by atomic mass is 10.1. The van der Waals surface area contributed by atoms with Gasteiger partial charge in [0.05, 0.1) is 12.8 Å². The number of methoxy groups -OCH3 is 1. The second-order valence-electron chi connectivity index (χ2n) is 4.54. The average Bonchev–Trinajstić information content (AvgIpc) is 2.46. The highest BCUT2D eigenvalue weighted by Gasteiger charge is 2.18. The van der Waals surface area contributed by atoms with Crippen LogP contribution in [0.15, 0.2) is 24.3 Å². The molecule has 0 unspecified atom stereocenters. The van der Waals surface area contributed by atoms with E-state index in [1.54, 1.807) is 19.2 Å². The molecule has 20 heavy (non-hydrogen) atoms. The largest absolute Gasteiger partial charge is 0.481 e. The highest BCUT2D eigenvalue weighted by molar-refractivity contribution is 5.54. The first-order valence-electron chi connectivity index (χ1n) is 6.43. The number of hydrogen-bond acceptors (Lipinski definition) is 5. The van der Waals surface area contributed by atoms with Crippen LogP contribution in [0.1, 0.15) is 11.3 Å².